The molecule has 1 aliphatic heterocycles. The topological polar surface area (TPSA) is 69.7 Å². The summed E-state index contributed by atoms with van der Waals surface area (Å²) in [5, 5.41) is 2.75. The van der Waals surface area contributed by atoms with E-state index in [1.54, 1.807) is 30.0 Å². The van der Waals surface area contributed by atoms with Gasteiger partial charge >= 0.3 is 0 Å². The van der Waals surface area contributed by atoms with E-state index in [-0.39, 0.29) is 24.8 Å². The molecule has 0 unspecified atom stereocenters. The van der Waals surface area contributed by atoms with E-state index in [9.17, 15) is 17.6 Å². The molecule has 0 spiro atoms. The average Bonchev–Trinajstić information content (AvgIpc) is 2.67. The number of hydrogen-bond donors (Lipinski definition) is 1. The lowest BCUT2D eigenvalue weighted by atomic mass is 10.2. The number of thioether (sulfide) groups is 1. The molecule has 9 heteroatoms. The SMILES string of the molecule is CSc1cccc(NC(=O)CN2CCCN(Cc3ccc(F)cc3)S2(=O)=O)c1. The third-order valence-corrected chi connectivity index (χ3v) is 7.07. The first-order chi connectivity index (χ1) is 13.4. The van der Waals surface area contributed by atoms with E-state index in [4.69, 9.17) is 0 Å². The Labute approximate surface area is 168 Å². The van der Waals surface area contributed by atoms with E-state index in [0.717, 1.165) is 4.90 Å². The lowest BCUT2D eigenvalue weighted by Gasteiger charge is -2.34. The zero-order chi connectivity index (χ0) is 20.1. The molecule has 28 heavy (non-hydrogen) atoms. The number of nitrogens with one attached hydrogen (secondary N) is 1. The van der Waals surface area contributed by atoms with Crippen molar-refractivity contribution in [3.8, 4) is 0 Å². The van der Waals surface area contributed by atoms with Gasteiger partial charge in [0.15, 0.2) is 0 Å². The molecule has 0 radical (unpaired) electrons. The predicted molar refractivity (Wildman–Crippen MR) is 109 cm³/mol. The third-order valence-electron chi connectivity index (χ3n) is 4.41. The highest BCUT2D eigenvalue weighted by Crippen LogP contribution is 2.21. The standard InChI is InChI=1S/C19H22FN3O3S2/c1-27-18-5-2-4-17(12-18)21-19(24)14-23-11-3-10-22(28(23,25)26)13-15-6-8-16(20)9-7-15/h2,4-9,12H,3,10-11,13-14H2,1H3,(H,21,24). The number of anilines is 1. The van der Waals surface area contributed by atoms with Crippen LogP contribution in [0.3, 0.4) is 0 Å². The van der Waals surface area contributed by atoms with Crippen LogP contribution in [0, 0.1) is 5.82 Å². The number of carbonyl (C=O) groups excluding carboxylic acids is 1. The average molecular weight is 424 g/mol. The molecule has 0 saturated carbocycles. The molecule has 0 aliphatic carbocycles. The van der Waals surface area contributed by atoms with Gasteiger partial charge in [0.1, 0.15) is 5.82 Å². The van der Waals surface area contributed by atoms with Crippen molar-refractivity contribution in [1.29, 1.82) is 0 Å². The van der Waals surface area contributed by atoms with Crippen LogP contribution in [0.15, 0.2) is 53.4 Å². The van der Waals surface area contributed by atoms with Gasteiger partial charge in [0.05, 0.1) is 6.54 Å². The van der Waals surface area contributed by atoms with E-state index < -0.39 is 10.2 Å². The summed E-state index contributed by atoms with van der Waals surface area (Å²) < 4.78 is 41.3. The van der Waals surface area contributed by atoms with Gasteiger partial charge in [-0.05, 0) is 48.6 Å². The van der Waals surface area contributed by atoms with Crippen LogP contribution in [0.1, 0.15) is 12.0 Å². The zero-order valence-electron chi connectivity index (χ0n) is 15.5. The molecule has 1 fully saturated rings. The van der Waals surface area contributed by atoms with Gasteiger partial charge < -0.3 is 5.32 Å². The molecule has 1 N–H and O–H groups in total. The van der Waals surface area contributed by atoms with Crippen LogP contribution < -0.4 is 5.32 Å². The van der Waals surface area contributed by atoms with Crippen LogP contribution in [0.5, 0.6) is 0 Å². The van der Waals surface area contributed by atoms with Crippen molar-refractivity contribution in [2.24, 2.45) is 0 Å². The highest BCUT2D eigenvalue weighted by atomic mass is 32.2. The largest absolute Gasteiger partial charge is 0.325 e. The van der Waals surface area contributed by atoms with Gasteiger partial charge in [0.2, 0.25) is 5.91 Å². The van der Waals surface area contributed by atoms with E-state index >= 15 is 0 Å². The molecule has 2 aromatic carbocycles. The Kier molecular flexibility index (Phi) is 6.71. The van der Waals surface area contributed by atoms with Gasteiger partial charge in [-0.25, -0.2) is 4.39 Å². The molecule has 2 aromatic rings. The van der Waals surface area contributed by atoms with Crippen LogP contribution in [0.4, 0.5) is 10.1 Å². The number of rotatable bonds is 6. The molecule has 6 nitrogen and oxygen atoms in total. The number of nitrogens with zero attached hydrogens (tertiary/aromatic N) is 2. The summed E-state index contributed by atoms with van der Waals surface area (Å²) in [5.41, 5.74) is 1.33. The second-order valence-corrected chi connectivity index (χ2v) is 9.24. The molecule has 1 aliphatic rings. The Bertz CT molecular complexity index is 936. The van der Waals surface area contributed by atoms with Crippen LogP contribution in [-0.2, 0) is 21.5 Å². The van der Waals surface area contributed by atoms with E-state index in [2.05, 4.69) is 5.32 Å². The molecule has 1 heterocycles. The fraction of sp³-hybridized carbons (Fsp3) is 0.316. The lowest BCUT2D eigenvalue weighted by Crippen LogP contribution is -2.51. The summed E-state index contributed by atoms with van der Waals surface area (Å²) >= 11 is 1.56. The highest BCUT2D eigenvalue weighted by Gasteiger charge is 2.34. The Hall–Kier alpha value is -1.94. The summed E-state index contributed by atoms with van der Waals surface area (Å²) in [5.74, 6) is -0.750. The van der Waals surface area contributed by atoms with Crippen molar-refractivity contribution in [2.75, 3.05) is 31.2 Å². The molecule has 150 valence electrons. The maximum atomic E-state index is 13.1. The number of carbonyl (C=O) groups is 1. The van der Waals surface area contributed by atoms with Gasteiger partial charge in [0.25, 0.3) is 10.2 Å². The van der Waals surface area contributed by atoms with Crippen molar-refractivity contribution in [3.63, 3.8) is 0 Å². The van der Waals surface area contributed by atoms with Crippen molar-refractivity contribution in [3.05, 3.63) is 59.9 Å². The van der Waals surface area contributed by atoms with Crippen LogP contribution in [0.2, 0.25) is 0 Å². The van der Waals surface area contributed by atoms with Crippen molar-refractivity contribution in [1.82, 2.24) is 8.61 Å². The Morgan fingerprint density at radius 1 is 1.14 bits per heavy atom. The van der Waals surface area contributed by atoms with E-state index in [1.165, 1.54) is 20.7 Å². The summed E-state index contributed by atoms with van der Waals surface area (Å²) in [6.07, 6.45) is 2.56. The Morgan fingerprint density at radius 3 is 2.57 bits per heavy atom. The Balaban J connectivity index is 1.65. The van der Waals surface area contributed by atoms with Crippen LogP contribution in [0.25, 0.3) is 0 Å². The molecule has 1 amide bonds. The second kappa shape index (κ2) is 9.04. The summed E-state index contributed by atoms with van der Waals surface area (Å²) in [6, 6.07) is 13.1. The van der Waals surface area contributed by atoms with E-state index in [0.29, 0.717) is 30.8 Å². The molecular weight excluding hydrogens is 401 g/mol. The second-order valence-electron chi connectivity index (χ2n) is 6.44. The third kappa shape index (κ3) is 5.11. The summed E-state index contributed by atoms with van der Waals surface area (Å²) in [6.45, 7) is 0.566. The first kappa shape index (κ1) is 20.8. The first-order valence-electron chi connectivity index (χ1n) is 8.82. The van der Waals surface area contributed by atoms with Crippen molar-refractivity contribution >= 4 is 33.6 Å². The van der Waals surface area contributed by atoms with Crippen molar-refractivity contribution in [2.45, 2.75) is 17.9 Å². The fourth-order valence-corrected chi connectivity index (χ4v) is 5.09. The monoisotopic (exact) mass is 423 g/mol. The molecule has 0 atom stereocenters. The predicted octanol–water partition coefficient (Wildman–Crippen LogP) is 2.94. The number of amides is 1. The van der Waals surface area contributed by atoms with Gasteiger partial charge in [-0.15, -0.1) is 11.8 Å². The zero-order valence-corrected chi connectivity index (χ0v) is 17.1. The molecule has 0 bridgehead atoms. The molecular formula is C19H22FN3O3S2. The first-order valence-corrected chi connectivity index (χ1v) is 11.4. The van der Waals surface area contributed by atoms with E-state index in [1.807, 2.05) is 24.5 Å². The van der Waals surface area contributed by atoms with Gasteiger partial charge in [0, 0.05) is 30.2 Å². The smallest absolute Gasteiger partial charge is 0.282 e. The minimum atomic E-state index is -3.76. The van der Waals surface area contributed by atoms with Gasteiger partial charge in [-0.1, -0.05) is 18.2 Å². The normalized spacial score (nSPS) is 17.4. The minimum Gasteiger partial charge on any atom is -0.325 e. The molecule has 0 aromatic heterocycles. The number of halogens is 1. The van der Waals surface area contributed by atoms with Crippen molar-refractivity contribution < 1.29 is 17.6 Å². The molecule has 1 saturated heterocycles. The van der Waals surface area contributed by atoms with Gasteiger partial charge in [-0.2, -0.15) is 17.0 Å². The maximum Gasteiger partial charge on any atom is 0.282 e. The quantitative estimate of drug-likeness (QED) is 0.726. The number of benzene rings is 2. The maximum absolute atomic E-state index is 13.1. The number of hydrogen-bond acceptors (Lipinski definition) is 4. The fourth-order valence-electron chi connectivity index (χ4n) is 2.99. The summed E-state index contributed by atoms with van der Waals surface area (Å²) in [4.78, 5) is 13.4. The van der Waals surface area contributed by atoms with Gasteiger partial charge in [-0.3, -0.25) is 4.79 Å². The Morgan fingerprint density at radius 2 is 1.86 bits per heavy atom. The lowest BCUT2D eigenvalue weighted by molar-refractivity contribution is -0.116. The van der Waals surface area contributed by atoms with Crippen LogP contribution >= 0.6 is 11.8 Å². The minimum absolute atomic E-state index is 0.149. The van der Waals surface area contributed by atoms with Crippen LogP contribution in [-0.4, -0.2) is 48.8 Å². The molecule has 3 rings (SSSR count). The highest BCUT2D eigenvalue weighted by molar-refractivity contribution is 7.98. The summed E-state index contributed by atoms with van der Waals surface area (Å²) in [7, 11) is -3.76.